The summed E-state index contributed by atoms with van der Waals surface area (Å²) < 4.78 is 6.45. The van der Waals surface area contributed by atoms with Crippen LogP contribution in [0.3, 0.4) is 0 Å². The number of ether oxygens (including phenoxy) is 1. The van der Waals surface area contributed by atoms with Gasteiger partial charge in [-0.05, 0) is 25.0 Å². The molecule has 1 amide bonds. The molecule has 0 aliphatic rings. The number of amides is 1. The number of fused-ring (bicyclic) bond motifs is 1. The summed E-state index contributed by atoms with van der Waals surface area (Å²) in [4.78, 5) is 28.3. The smallest absolute Gasteiger partial charge is 0.273 e. The van der Waals surface area contributed by atoms with Gasteiger partial charge in [-0.15, -0.1) is 0 Å². The molecule has 0 bridgehead atoms. The van der Waals surface area contributed by atoms with Crippen molar-refractivity contribution in [3.8, 4) is 0 Å². The summed E-state index contributed by atoms with van der Waals surface area (Å²) in [6.07, 6.45) is 0. The maximum Gasteiger partial charge on any atom is 0.273 e. The summed E-state index contributed by atoms with van der Waals surface area (Å²) in [5.74, 6) is -0.303. The largest absolute Gasteiger partial charge is 0.383 e. The summed E-state index contributed by atoms with van der Waals surface area (Å²) in [5.41, 5.74) is 8.48. The molecule has 8 heteroatoms. The van der Waals surface area contributed by atoms with Crippen LogP contribution in [0.1, 0.15) is 16.8 Å². The van der Waals surface area contributed by atoms with E-state index in [4.69, 9.17) is 10.5 Å². The lowest BCUT2D eigenvalue weighted by Crippen LogP contribution is -2.43. The average Bonchev–Trinajstić information content (AvgIpc) is 2.73. The highest BCUT2D eigenvalue weighted by molar-refractivity contribution is 5.82. The SMILES string of the molecule is COCC(N)C(=O)NCc1c(C)nc2c(c1C)c(=O)[nH]n2C. The van der Waals surface area contributed by atoms with Gasteiger partial charge in [-0.3, -0.25) is 19.4 Å². The third kappa shape index (κ3) is 2.88. The Labute approximate surface area is 127 Å². The first-order valence-electron chi connectivity index (χ1n) is 6.93. The first-order chi connectivity index (χ1) is 10.4. The second kappa shape index (κ2) is 6.29. The number of pyridine rings is 1. The van der Waals surface area contributed by atoms with Gasteiger partial charge in [0.1, 0.15) is 6.04 Å². The Bertz CT molecular complexity index is 762. The van der Waals surface area contributed by atoms with Crippen LogP contribution in [0.15, 0.2) is 4.79 Å². The molecule has 0 aliphatic heterocycles. The third-order valence-electron chi connectivity index (χ3n) is 3.70. The molecule has 4 N–H and O–H groups in total. The molecule has 120 valence electrons. The zero-order valence-electron chi connectivity index (χ0n) is 13.2. The van der Waals surface area contributed by atoms with E-state index in [1.54, 1.807) is 11.7 Å². The van der Waals surface area contributed by atoms with Crippen LogP contribution in [-0.2, 0) is 23.1 Å². The summed E-state index contributed by atoms with van der Waals surface area (Å²) in [6.45, 7) is 4.12. The van der Waals surface area contributed by atoms with Crippen molar-refractivity contribution in [2.24, 2.45) is 12.8 Å². The number of methoxy groups -OCH3 is 1. The fourth-order valence-corrected chi connectivity index (χ4v) is 2.47. The van der Waals surface area contributed by atoms with E-state index in [9.17, 15) is 9.59 Å². The Morgan fingerprint density at radius 3 is 2.82 bits per heavy atom. The number of carbonyl (C=O) groups excluding carboxylic acids is 1. The van der Waals surface area contributed by atoms with Gasteiger partial charge in [0.2, 0.25) is 5.91 Å². The Kier molecular flexibility index (Phi) is 4.62. The van der Waals surface area contributed by atoms with Gasteiger partial charge in [-0.2, -0.15) is 0 Å². The van der Waals surface area contributed by atoms with Gasteiger partial charge in [0.15, 0.2) is 5.65 Å². The highest BCUT2D eigenvalue weighted by Gasteiger charge is 2.17. The van der Waals surface area contributed by atoms with E-state index in [0.717, 1.165) is 16.8 Å². The summed E-state index contributed by atoms with van der Waals surface area (Å²) in [5, 5.41) is 5.98. The summed E-state index contributed by atoms with van der Waals surface area (Å²) in [7, 11) is 3.22. The molecule has 0 radical (unpaired) electrons. The molecule has 2 heterocycles. The number of nitrogens with one attached hydrogen (secondary N) is 2. The van der Waals surface area contributed by atoms with Crippen molar-refractivity contribution >= 4 is 16.9 Å². The fraction of sp³-hybridized carbons (Fsp3) is 0.500. The molecular weight excluding hydrogens is 286 g/mol. The van der Waals surface area contributed by atoms with Gasteiger partial charge in [-0.25, -0.2) is 4.98 Å². The Hall–Kier alpha value is -2.19. The van der Waals surface area contributed by atoms with Gasteiger partial charge >= 0.3 is 0 Å². The van der Waals surface area contributed by atoms with Crippen molar-refractivity contribution in [1.82, 2.24) is 20.1 Å². The molecule has 2 aromatic rings. The Morgan fingerprint density at radius 2 is 2.18 bits per heavy atom. The normalized spacial score (nSPS) is 12.6. The van der Waals surface area contributed by atoms with Crippen LogP contribution >= 0.6 is 0 Å². The lowest BCUT2D eigenvalue weighted by molar-refractivity contribution is -0.123. The minimum absolute atomic E-state index is 0.152. The third-order valence-corrected chi connectivity index (χ3v) is 3.70. The zero-order valence-corrected chi connectivity index (χ0v) is 13.2. The number of aromatic nitrogens is 3. The first kappa shape index (κ1) is 16.2. The van der Waals surface area contributed by atoms with E-state index in [1.807, 2.05) is 13.8 Å². The van der Waals surface area contributed by atoms with Crippen molar-refractivity contribution < 1.29 is 9.53 Å². The molecule has 2 aromatic heterocycles. The predicted molar refractivity (Wildman–Crippen MR) is 82.5 cm³/mol. The first-order valence-corrected chi connectivity index (χ1v) is 6.93. The average molecular weight is 307 g/mol. The molecule has 0 aromatic carbocycles. The van der Waals surface area contributed by atoms with Crippen LogP contribution in [0.25, 0.3) is 11.0 Å². The standard InChI is InChI=1S/C14H21N5O3/c1-7-9(5-16-13(20)10(15)6-22-4)8(2)17-12-11(7)14(21)18-19(12)3/h10H,5-6,15H2,1-4H3,(H,16,20)(H,18,21). The molecule has 2 rings (SSSR count). The van der Waals surface area contributed by atoms with E-state index in [0.29, 0.717) is 11.0 Å². The van der Waals surface area contributed by atoms with E-state index in [2.05, 4.69) is 15.4 Å². The number of aryl methyl sites for hydroxylation is 3. The lowest BCUT2D eigenvalue weighted by atomic mass is 10.0. The van der Waals surface area contributed by atoms with Crippen molar-refractivity contribution in [3.63, 3.8) is 0 Å². The number of hydrogen-bond acceptors (Lipinski definition) is 5. The minimum Gasteiger partial charge on any atom is -0.383 e. The van der Waals surface area contributed by atoms with Crippen LogP contribution in [0.4, 0.5) is 0 Å². The van der Waals surface area contributed by atoms with Crippen molar-refractivity contribution in [2.75, 3.05) is 13.7 Å². The number of hydrogen-bond donors (Lipinski definition) is 3. The number of carbonyl (C=O) groups is 1. The van der Waals surface area contributed by atoms with Crippen LogP contribution in [0.2, 0.25) is 0 Å². The highest BCUT2D eigenvalue weighted by atomic mass is 16.5. The Morgan fingerprint density at radius 1 is 1.50 bits per heavy atom. The van der Waals surface area contributed by atoms with E-state index < -0.39 is 6.04 Å². The number of nitrogens with two attached hydrogens (primary N) is 1. The molecule has 0 saturated heterocycles. The van der Waals surface area contributed by atoms with Gasteiger partial charge in [0.25, 0.3) is 5.56 Å². The van der Waals surface area contributed by atoms with Crippen LogP contribution in [0.5, 0.6) is 0 Å². The molecule has 1 unspecified atom stereocenters. The van der Waals surface area contributed by atoms with Crippen LogP contribution in [-0.4, -0.2) is 40.4 Å². The zero-order chi connectivity index (χ0) is 16.4. The fourth-order valence-electron chi connectivity index (χ4n) is 2.47. The lowest BCUT2D eigenvalue weighted by Gasteiger charge is -2.14. The van der Waals surface area contributed by atoms with Crippen molar-refractivity contribution in [1.29, 1.82) is 0 Å². The summed E-state index contributed by atoms with van der Waals surface area (Å²) >= 11 is 0. The molecule has 0 spiro atoms. The van der Waals surface area contributed by atoms with Crippen LogP contribution < -0.4 is 16.6 Å². The second-order valence-corrected chi connectivity index (χ2v) is 5.28. The van der Waals surface area contributed by atoms with Gasteiger partial charge < -0.3 is 15.8 Å². The van der Waals surface area contributed by atoms with E-state index in [1.165, 1.54) is 7.11 Å². The number of rotatable bonds is 5. The van der Waals surface area contributed by atoms with E-state index in [-0.39, 0.29) is 24.6 Å². The van der Waals surface area contributed by atoms with Gasteiger partial charge in [-0.1, -0.05) is 0 Å². The molecule has 0 fully saturated rings. The second-order valence-electron chi connectivity index (χ2n) is 5.28. The number of H-pyrrole nitrogens is 1. The molecule has 1 atom stereocenters. The highest BCUT2D eigenvalue weighted by Crippen LogP contribution is 2.19. The maximum atomic E-state index is 12.0. The quantitative estimate of drug-likeness (QED) is 0.687. The van der Waals surface area contributed by atoms with Gasteiger partial charge in [0.05, 0.1) is 12.0 Å². The molecule has 0 saturated carbocycles. The van der Waals surface area contributed by atoms with E-state index >= 15 is 0 Å². The molecule has 22 heavy (non-hydrogen) atoms. The molecule has 8 nitrogen and oxygen atoms in total. The minimum atomic E-state index is -0.720. The topological polar surface area (TPSA) is 115 Å². The predicted octanol–water partition coefficient (Wildman–Crippen LogP) is -0.532. The monoisotopic (exact) mass is 307 g/mol. The maximum absolute atomic E-state index is 12.0. The summed E-state index contributed by atoms with van der Waals surface area (Å²) in [6, 6.07) is -0.720. The molecular formula is C14H21N5O3. The number of aromatic amines is 1. The van der Waals surface area contributed by atoms with Crippen molar-refractivity contribution in [3.05, 3.63) is 27.2 Å². The molecule has 0 aliphatic carbocycles. The Balaban J connectivity index is 2.30. The van der Waals surface area contributed by atoms with Gasteiger partial charge in [0, 0.05) is 26.4 Å². The number of nitrogens with zero attached hydrogens (tertiary/aromatic N) is 2. The van der Waals surface area contributed by atoms with Crippen LogP contribution in [0, 0.1) is 13.8 Å². The van der Waals surface area contributed by atoms with Crippen molar-refractivity contribution in [2.45, 2.75) is 26.4 Å².